The van der Waals surface area contributed by atoms with Gasteiger partial charge in [0.25, 0.3) is 5.89 Å². The fourth-order valence-electron chi connectivity index (χ4n) is 2.73. The number of aromatic nitrogens is 4. The van der Waals surface area contributed by atoms with E-state index in [1.54, 1.807) is 6.20 Å². The smallest absolute Gasteiger partial charge is 0.268 e. The van der Waals surface area contributed by atoms with Crippen LogP contribution in [0.25, 0.3) is 39.9 Å². The summed E-state index contributed by atoms with van der Waals surface area (Å²) in [6.07, 6.45) is 1.75. The molecule has 0 amide bonds. The molecule has 4 rings (SSSR count). The van der Waals surface area contributed by atoms with Crippen LogP contribution in [-0.4, -0.2) is 20.2 Å². The zero-order valence-corrected chi connectivity index (χ0v) is 15.2. The molecule has 0 fully saturated rings. The molecule has 0 aliphatic rings. The Labute approximate surface area is 157 Å². The van der Waals surface area contributed by atoms with Gasteiger partial charge in [-0.1, -0.05) is 54.6 Å². The van der Waals surface area contributed by atoms with E-state index in [0.717, 1.165) is 33.7 Å². The molecule has 27 heavy (non-hydrogen) atoms. The number of hydrogen-bond donors (Lipinski definition) is 0. The zero-order chi connectivity index (χ0) is 18.8. The fourth-order valence-corrected chi connectivity index (χ4v) is 2.73. The Balaban J connectivity index is 1.71. The maximum atomic E-state index is 5.84. The molecule has 0 bridgehead atoms. The molecule has 2 heterocycles. The van der Waals surface area contributed by atoms with E-state index < -0.39 is 0 Å². The molecule has 0 N–H and O–H groups in total. The molecule has 5 nitrogen and oxygen atoms in total. The normalized spacial score (nSPS) is 10.7. The largest absolute Gasteiger partial charge is 0.415 e. The number of hydrogen-bond acceptors (Lipinski definition) is 5. The highest BCUT2D eigenvalue weighted by Gasteiger charge is 2.16. The molecule has 0 aliphatic carbocycles. The first-order valence-corrected chi connectivity index (χ1v) is 8.61. The standard InChI is InChI=1S/C22H18N4O/c1-14(2)16-9-11-17(12-10-16)19-13-23-15(3)20(24-19)22-26-25-21(27-22)18-7-5-4-6-8-18/h4-13H,1H2,2-3H3. The van der Waals surface area contributed by atoms with Crippen molar-refractivity contribution in [1.29, 1.82) is 0 Å². The SMILES string of the molecule is C=C(C)c1ccc(-c2cnc(C)c(-c3nnc(-c4ccccc4)o3)n2)cc1. The van der Waals surface area contributed by atoms with Crippen LogP contribution in [0, 0.1) is 6.92 Å². The minimum Gasteiger partial charge on any atom is -0.415 e. The number of rotatable bonds is 4. The van der Waals surface area contributed by atoms with Gasteiger partial charge in [0.05, 0.1) is 17.6 Å². The van der Waals surface area contributed by atoms with Crippen LogP contribution in [0.15, 0.2) is 71.8 Å². The molecule has 2 aromatic carbocycles. The average Bonchev–Trinajstić information content (AvgIpc) is 3.19. The van der Waals surface area contributed by atoms with Gasteiger partial charge < -0.3 is 4.42 Å². The van der Waals surface area contributed by atoms with Gasteiger partial charge in [-0.05, 0) is 31.5 Å². The first-order chi connectivity index (χ1) is 13.1. The van der Waals surface area contributed by atoms with Gasteiger partial charge in [-0.25, -0.2) is 4.98 Å². The maximum absolute atomic E-state index is 5.84. The van der Waals surface area contributed by atoms with Crippen molar-refractivity contribution in [3.8, 4) is 34.3 Å². The van der Waals surface area contributed by atoms with E-state index in [4.69, 9.17) is 9.40 Å². The predicted molar refractivity (Wildman–Crippen MR) is 106 cm³/mol. The molecule has 2 aromatic heterocycles. The summed E-state index contributed by atoms with van der Waals surface area (Å²) in [6, 6.07) is 17.7. The lowest BCUT2D eigenvalue weighted by Gasteiger charge is -2.06. The van der Waals surface area contributed by atoms with Crippen LogP contribution >= 0.6 is 0 Å². The second-order valence-corrected chi connectivity index (χ2v) is 6.33. The van der Waals surface area contributed by atoms with Crippen LogP contribution in [0.5, 0.6) is 0 Å². The lowest BCUT2D eigenvalue weighted by atomic mass is 10.1. The molecule has 0 saturated carbocycles. The van der Waals surface area contributed by atoms with Gasteiger partial charge in [-0.15, -0.1) is 10.2 Å². The molecule has 0 radical (unpaired) electrons. The Morgan fingerprint density at radius 2 is 1.59 bits per heavy atom. The van der Waals surface area contributed by atoms with Gasteiger partial charge in [0.1, 0.15) is 5.69 Å². The van der Waals surface area contributed by atoms with Crippen molar-refractivity contribution in [2.75, 3.05) is 0 Å². The summed E-state index contributed by atoms with van der Waals surface area (Å²) in [5.74, 6) is 0.822. The fraction of sp³-hybridized carbons (Fsp3) is 0.0909. The van der Waals surface area contributed by atoms with E-state index in [2.05, 4.69) is 21.8 Å². The molecule has 4 aromatic rings. The van der Waals surface area contributed by atoms with Crippen molar-refractivity contribution in [2.24, 2.45) is 0 Å². The highest BCUT2D eigenvalue weighted by molar-refractivity contribution is 5.68. The Bertz CT molecular complexity index is 1100. The molecule has 0 saturated heterocycles. The van der Waals surface area contributed by atoms with Gasteiger partial charge in [-0.3, -0.25) is 4.98 Å². The Kier molecular flexibility index (Phi) is 4.34. The molecule has 0 aliphatic heterocycles. The maximum Gasteiger partial charge on any atom is 0.268 e. The summed E-state index contributed by atoms with van der Waals surface area (Å²) in [5.41, 5.74) is 6.04. The Hall–Kier alpha value is -3.60. The summed E-state index contributed by atoms with van der Waals surface area (Å²) >= 11 is 0. The number of nitrogens with zero attached hydrogens (tertiary/aromatic N) is 4. The molecule has 0 unspecified atom stereocenters. The summed E-state index contributed by atoms with van der Waals surface area (Å²) in [4.78, 5) is 9.18. The quantitative estimate of drug-likeness (QED) is 0.504. The third kappa shape index (κ3) is 3.40. The lowest BCUT2D eigenvalue weighted by Crippen LogP contribution is -1.95. The van der Waals surface area contributed by atoms with Gasteiger partial charge in [0, 0.05) is 11.1 Å². The van der Waals surface area contributed by atoms with Crippen LogP contribution in [0.4, 0.5) is 0 Å². The van der Waals surface area contributed by atoms with Crippen molar-refractivity contribution >= 4 is 5.57 Å². The van der Waals surface area contributed by atoms with E-state index in [0.29, 0.717) is 17.5 Å². The van der Waals surface area contributed by atoms with E-state index in [-0.39, 0.29) is 0 Å². The van der Waals surface area contributed by atoms with Crippen molar-refractivity contribution in [3.63, 3.8) is 0 Å². The number of aryl methyl sites for hydroxylation is 1. The summed E-state index contributed by atoms with van der Waals surface area (Å²) in [6.45, 7) is 7.83. The first-order valence-electron chi connectivity index (χ1n) is 8.61. The van der Waals surface area contributed by atoms with Crippen LogP contribution in [0.2, 0.25) is 0 Å². The topological polar surface area (TPSA) is 64.7 Å². The zero-order valence-electron chi connectivity index (χ0n) is 15.2. The van der Waals surface area contributed by atoms with Crippen LogP contribution in [-0.2, 0) is 0 Å². The lowest BCUT2D eigenvalue weighted by molar-refractivity contribution is 0.581. The van der Waals surface area contributed by atoms with E-state index >= 15 is 0 Å². The second-order valence-electron chi connectivity index (χ2n) is 6.33. The summed E-state index contributed by atoms with van der Waals surface area (Å²) in [5, 5.41) is 8.31. The minimum absolute atomic E-state index is 0.360. The van der Waals surface area contributed by atoms with Crippen LogP contribution in [0.3, 0.4) is 0 Å². The third-order valence-electron chi connectivity index (χ3n) is 4.28. The third-order valence-corrected chi connectivity index (χ3v) is 4.28. The predicted octanol–water partition coefficient (Wildman–Crippen LogP) is 5.20. The van der Waals surface area contributed by atoms with Crippen molar-refractivity contribution < 1.29 is 4.42 Å². The first kappa shape index (κ1) is 16.8. The van der Waals surface area contributed by atoms with E-state index in [9.17, 15) is 0 Å². The van der Waals surface area contributed by atoms with Crippen LogP contribution < -0.4 is 0 Å². The Morgan fingerprint density at radius 1 is 0.889 bits per heavy atom. The van der Waals surface area contributed by atoms with Crippen LogP contribution in [0.1, 0.15) is 18.2 Å². The molecule has 5 heteroatoms. The molecule has 0 spiro atoms. The highest BCUT2D eigenvalue weighted by Crippen LogP contribution is 2.27. The van der Waals surface area contributed by atoms with E-state index in [1.165, 1.54) is 0 Å². The second kappa shape index (κ2) is 6.96. The van der Waals surface area contributed by atoms with Crippen molar-refractivity contribution in [2.45, 2.75) is 13.8 Å². The number of benzene rings is 2. The minimum atomic E-state index is 0.360. The van der Waals surface area contributed by atoms with E-state index in [1.807, 2.05) is 68.4 Å². The van der Waals surface area contributed by atoms with Crippen molar-refractivity contribution in [1.82, 2.24) is 20.2 Å². The average molecular weight is 354 g/mol. The molecule has 0 atom stereocenters. The highest BCUT2D eigenvalue weighted by atomic mass is 16.4. The Morgan fingerprint density at radius 3 is 2.30 bits per heavy atom. The molecule has 132 valence electrons. The monoisotopic (exact) mass is 354 g/mol. The molecular formula is C22H18N4O. The van der Waals surface area contributed by atoms with Gasteiger partial charge in [0.2, 0.25) is 5.89 Å². The van der Waals surface area contributed by atoms with Crippen molar-refractivity contribution in [3.05, 3.63) is 78.6 Å². The van der Waals surface area contributed by atoms with Gasteiger partial charge >= 0.3 is 0 Å². The number of allylic oxidation sites excluding steroid dienone is 1. The van der Waals surface area contributed by atoms with Gasteiger partial charge in [-0.2, -0.15) is 0 Å². The summed E-state index contributed by atoms with van der Waals surface area (Å²) in [7, 11) is 0. The summed E-state index contributed by atoms with van der Waals surface area (Å²) < 4.78 is 5.84. The molecular weight excluding hydrogens is 336 g/mol. The van der Waals surface area contributed by atoms with Gasteiger partial charge in [0.15, 0.2) is 0 Å².